The number of benzene rings is 1. The zero-order valence-corrected chi connectivity index (χ0v) is 59.1. The van der Waals surface area contributed by atoms with Crippen LogP contribution in [-0.4, -0.2) is 230 Å². The highest BCUT2D eigenvalue weighted by molar-refractivity contribution is 6.00. The van der Waals surface area contributed by atoms with E-state index in [0.29, 0.717) is 0 Å². The van der Waals surface area contributed by atoms with Crippen LogP contribution >= 0.6 is 0 Å². The van der Waals surface area contributed by atoms with E-state index in [4.69, 9.17) is 47.5 Å². The predicted molar refractivity (Wildman–Crippen MR) is 354 cm³/mol. The number of carboxylic acids is 2. The summed E-state index contributed by atoms with van der Waals surface area (Å²) < 4.78 is 69.4. The second kappa shape index (κ2) is 44.8. The van der Waals surface area contributed by atoms with Gasteiger partial charge < -0.3 is 111 Å². The minimum absolute atomic E-state index is 0.0466. The summed E-state index contributed by atoms with van der Waals surface area (Å²) in [6.07, 6.45) is -18.2. The molecule has 24 N–H and O–H groups in total. The molecule has 0 aromatic heterocycles. The number of hydrogen-bond acceptors (Lipinski definition) is 21. The van der Waals surface area contributed by atoms with Crippen LogP contribution in [0, 0.1) is 29.6 Å². The van der Waals surface area contributed by atoms with E-state index in [1.54, 1.807) is 41.5 Å². The topological polar surface area (TPSA) is 606 Å². The van der Waals surface area contributed by atoms with Gasteiger partial charge in [-0.05, 0) is 74.2 Å². The van der Waals surface area contributed by atoms with Gasteiger partial charge in [0.1, 0.15) is 48.3 Å². The molecule has 1 aromatic rings. The quantitative estimate of drug-likeness (QED) is 0.0163. The van der Waals surface area contributed by atoms with Crippen LogP contribution < -0.4 is 76.1 Å². The van der Waals surface area contributed by atoms with E-state index >= 15 is 4.79 Å². The number of carboxylic acid groups (broad SMARTS) is 2. The molecule has 1 aromatic carbocycles. The molecule has 0 radical (unpaired) electrons. The van der Waals surface area contributed by atoms with Crippen LogP contribution in [0.1, 0.15) is 126 Å². The summed E-state index contributed by atoms with van der Waals surface area (Å²) in [6.45, 7) is 15.3. The number of amides is 11. The van der Waals surface area contributed by atoms with E-state index in [2.05, 4.69) is 47.5 Å². The number of rotatable bonds is 23. The highest BCUT2D eigenvalue weighted by Gasteiger charge is 2.45. The van der Waals surface area contributed by atoms with Crippen molar-refractivity contribution >= 4 is 88.8 Å². The van der Waals surface area contributed by atoms with Gasteiger partial charge in [-0.3, -0.25) is 57.7 Å². The highest BCUT2D eigenvalue weighted by atomic mass is 19.4. The second-order valence-corrected chi connectivity index (χ2v) is 25.7. The molecular weight excluding hydrogens is 1400 g/mol. The first kappa shape index (κ1) is 94.5. The number of guanidine groups is 1. The molecule has 1 unspecified atom stereocenters. The third kappa shape index (κ3) is 34.2. The van der Waals surface area contributed by atoms with Crippen molar-refractivity contribution in [1.29, 1.82) is 0 Å². The van der Waals surface area contributed by atoms with Crippen LogP contribution in [-0.2, 0) is 71.9 Å². The number of carbonyl (C=O) groups excluding carboxylic acids is 12. The van der Waals surface area contributed by atoms with Crippen molar-refractivity contribution in [3.63, 3.8) is 0 Å². The lowest BCUT2D eigenvalue weighted by Crippen LogP contribution is -2.64. The van der Waals surface area contributed by atoms with E-state index in [9.17, 15) is 99.5 Å². The SMILES string of the molecule is CC[C@H](C)[C@@H]1NC(=O)[C@@H](CCCN=C(N)N)NC(=O)[C@H](CC(C)C)NC(=O)[C@H]([C@H](O)C(C)C)NC(=O)[C@@H](NC(=O)[C@H](CC(C)C)NC(=O)[C@H](N)CC(C)C)[C@@H](c2ccccc2)OC(=O)C(CO)NC(=O)[C@H]([C@H](O)C(N)=O)NC(=O)CNC(=O)[C@H]([C@H](C)O)NC1=O.O=C(O)C(F)(F)F.O=C(O)C(F)(F)F. The largest absolute Gasteiger partial charge is 0.490 e. The molecule has 0 bridgehead atoms. The van der Waals surface area contributed by atoms with Crippen molar-refractivity contribution < 1.29 is 129 Å². The van der Waals surface area contributed by atoms with E-state index in [0.717, 1.165) is 6.92 Å². The van der Waals surface area contributed by atoms with Crippen LogP contribution in [0.2, 0.25) is 0 Å². The summed E-state index contributed by atoms with van der Waals surface area (Å²) in [5.74, 6) is -22.7. The fourth-order valence-corrected chi connectivity index (χ4v) is 9.25. The number of aliphatic hydroxyl groups is 4. The lowest BCUT2D eigenvalue weighted by molar-refractivity contribution is -0.193. The van der Waals surface area contributed by atoms with Gasteiger partial charge in [-0.1, -0.05) is 106 Å². The van der Waals surface area contributed by atoms with Gasteiger partial charge in [0.2, 0.25) is 65.0 Å². The van der Waals surface area contributed by atoms with Crippen molar-refractivity contribution in [1.82, 2.24) is 53.2 Å². The van der Waals surface area contributed by atoms with Gasteiger partial charge in [0.15, 0.2) is 24.2 Å². The number of nitrogens with zero attached hydrogens (tertiary/aromatic N) is 1. The molecular formula is C62H99F6N15O21. The monoisotopic (exact) mass is 1500 g/mol. The van der Waals surface area contributed by atoms with Gasteiger partial charge in [0, 0.05) is 6.54 Å². The molecule has 42 heteroatoms. The lowest BCUT2D eigenvalue weighted by atomic mass is 9.95. The van der Waals surface area contributed by atoms with Crippen LogP contribution in [0.4, 0.5) is 26.3 Å². The molecule has 1 aliphatic rings. The standard InChI is InChI=1S/C58H97N15O17.2C2HF3O2/c1-12-30(10)39-53(85)71-40(31(11)75)52(84)64-24-38(76)69-42(45(78)47(60)79)55(87)68-37(25-74)57(89)90-46(32-17-14-13-15-18-32)43(73-51(83)36(23-28(6)7)66-48(80)33(59)21-26(2)3)56(88)72-41(44(77)29(8)9)54(86)67-35(22-27(4)5)50(82)65-34(49(81)70-39)19-16-20-63-58(61)62;2*3-2(4,5)1(6)7/h13-15,17-18,26-31,33-37,39-46,74-75,77-78H,12,16,19-25,59H2,1-11H3,(H2,60,79)(H,64,84)(H,65,82)(H,66,80)(H,67,86)(H,68,87)(H,69,76)(H,70,81)(H,71,85)(H,72,88)(H,73,83)(H4,61,62,63);2*(H,6,7)/t30-,31-,33+,34+,35-,36-,37?,39-,40-,41-,42-,43-,44+,45-,46+;;/m0../s1. The van der Waals surface area contributed by atoms with Gasteiger partial charge in [-0.15, -0.1) is 0 Å². The maximum Gasteiger partial charge on any atom is 0.490 e. The fraction of sp³-hybridized carbons (Fsp3) is 0.661. The number of esters is 1. The number of ether oxygens (including phenoxy) is 1. The maximum atomic E-state index is 15.3. The predicted octanol–water partition coefficient (Wildman–Crippen LogP) is -4.17. The Morgan fingerprint density at radius 2 is 1.10 bits per heavy atom. The molecule has 15 atom stereocenters. The minimum Gasteiger partial charge on any atom is -0.475 e. The summed E-state index contributed by atoms with van der Waals surface area (Å²) in [6, 6.07) is -10.7. The molecule has 1 fully saturated rings. The van der Waals surface area contributed by atoms with Crippen LogP contribution in [0.15, 0.2) is 35.3 Å². The summed E-state index contributed by atoms with van der Waals surface area (Å²) in [7, 11) is 0. The Morgan fingerprint density at radius 3 is 1.56 bits per heavy atom. The highest BCUT2D eigenvalue weighted by Crippen LogP contribution is 2.25. The Bertz CT molecular complexity index is 3070. The molecule has 1 saturated heterocycles. The lowest BCUT2D eigenvalue weighted by Gasteiger charge is -2.34. The van der Waals surface area contributed by atoms with Gasteiger partial charge in [0.25, 0.3) is 0 Å². The molecule has 1 heterocycles. The average Bonchev–Trinajstić information content (AvgIpc) is 0.826. The number of primary amides is 1. The minimum atomic E-state index is -5.08. The number of alkyl halides is 6. The molecule has 104 heavy (non-hydrogen) atoms. The number of carbonyl (C=O) groups is 14. The average molecular weight is 1500 g/mol. The van der Waals surface area contributed by atoms with Crippen molar-refractivity contribution in [2.24, 2.45) is 57.5 Å². The zero-order chi connectivity index (χ0) is 80.6. The Balaban J connectivity index is 0.00000682. The number of halogens is 6. The zero-order valence-electron chi connectivity index (χ0n) is 59.1. The van der Waals surface area contributed by atoms with Gasteiger partial charge >= 0.3 is 30.3 Å². The third-order valence-electron chi connectivity index (χ3n) is 14.9. The molecule has 11 amide bonds. The number of nitrogens with two attached hydrogens (primary N) is 4. The van der Waals surface area contributed by atoms with Gasteiger partial charge in [-0.25, -0.2) is 14.4 Å². The summed E-state index contributed by atoms with van der Waals surface area (Å²) in [4.78, 5) is 192. The van der Waals surface area contributed by atoms with Crippen molar-refractivity contribution in [2.75, 3.05) is 19.7 Å². The number of nitrogens with one attached hydrogen (secondary N) is 10. The van der Waals surface area contributed by atoms with Crippen molar-refractivity contribution in [3.05, 3.63) is 35.9 Å². The van der Waals surface area contributed by atoms with E-state index < -0.39 is 205 Å². The first-order valence-corrected chi connectivity index (χ1v) is 32.5. The van der Waals surface area contributed by atoms with Gasteiger partial charge in [0.05, 0.1) is 31.4 Å². The Kier molecular flexibility index (Phi) is 40.7. The summed E-state index contributed by atoms with van der Waals surface area (Å²) in [5.41, 5.74) is 22.6. The molecule has 1 aliphatic heterocycles. The molecule has 0 aliphatic carbocycles. The summed E-state index contributed by atoms with van der Waals surface area (Å²) in [5, 5.41) is 82.3. The van der Waals surface area contributed by atoms with Crippen molar-refractivity contribution in [3.8, 4) is 0 Å². The fourth-order valence-electron chi connectivity index (χ4n) is 9.25. The first-order chi connectivity index (χ1) is 47.9. The normalized spacial score (nSPS) is 22.9. The smallest absolute Gasteiger partial charge is 0.475 e. The molecule has 0 saturated carbocycles. The number of aliphatic carboxylic acids is 2. The van der Waals surface area contributed by atoms with Crippen LogP contribution in [0.25, 0.3) is 0 Å². The first-order valence-electron chi connectivity index (χ1n) is 32.5. The van der Waals surface area contributed by atoms with Crippen molar-refractivity contribution in [2.45, 2.75) is 212 Å². The van der Waals surface area contributed by atoms with E-state index in [-0.39, 0.29) is 74.3 Å². The number of hydrogen-bond donors (Lipinski definition) is 20. The summed E-state index contributed by atoms with van der Waals surface area (Å²) >= 11 is 0. The van der Waals surface area contributed by atoms with Gasteiger partial charge in [-0.2, -0.15) is 26.3 Å². The van der Waals surface area contributed by atoms with E-state index in [1.807, 2.05) is 24.5 Å². The van der Waals surface area contributed by atoms with Crippen LogP contribution in [0.3, 0.4) is 0 Å². The number of aliphatic imine (C=N–C) groups is 1. The Hall–Kier alpha value is -9.55. The van der Waals surface area contributed by atoms with Crippen LogP contribution in [0.5, 0.6) is 0 Å². The second-order valence-electron chi connectivity index (χ2n) is 25.7. The maximum absolute atomic E-state index is 15.3. The number of aliphatic hydroxyl groups excluding tert-OH is 4. The molecule has 36 nitrogen and oxygen atoms in total. The van der Waals surface area contributed by atoms with E-state index in [1.165, 1.54) is 44.2 Å². The Labute approximate surface area is 594 Å². The number of cyclic esters (lactones) is 1. The third-order valence-corrected chi connectivity index (χ3v) is 14.9. The molecule has 2 rings (SSSR count). The Morgan fingerprint density at radius 1 is 0.615 bits per heavy atom. The molecule has 590 valence electrons. The molecule has 0 spiro atoms.